The molecule has 0 saturated carbocycles. The van der Waals surface area contributed by atoms with Crippen molar-refractivity contribution in [2.75, 3.05) is 18.0 Å². The summed E-state index contributed by atoms with van der Waals surface area (Å²) in [5.74, 6) is -2.51. The molecule has 30 heavy (non-hydrogen) atoms. The summed E-state index contributed by atoms with van der Waals surface area (Å²) in [5, 5.41) is 28.3. The van der Waals surface area contributed by atoms with Gasteiger partial charge in [-0.2, -0.15) is 5.26 Å². The first-order valence-electron chi connectivity index (χ1n) is 9.32. The van der Waals surface area contributed by atoms with Gasteiger partial charge >= 0.3 is 11.9 Å². The van der Waals surface area contributed by atoms with Gasteiger partial charge in [-0.05, 0) is 43.8 Å². The molecule has 0 aromatic heterocycles. The third-order valence-corrected chi connectivity index (χ3v) is 5.32. The van der Waals surface area contributed by atoms with Gasteiger partial charge in [0.1, 0.15) is 0 Å². The highest BCUT2D eigenvalue weighted by Crippen LogP contribution is 2.49. The Bertz CT molecular complexity index is 969. The van der Waals surface area contributed by atoms with E-state index in [0.717, 1.165) is 18.8 Å². The van der Waals surface area contributed by atoms with Crippen LogP contribution in [0.25, 0.3) is 0 Å². The third-order valence-electron chi connectivity index (χ3n) is 4.19. The fraction of sp³-hybridized carbons (Fsp3) is 0.227. The molecule has 0 saturated heterocycles. The first kappa shape index (κ1) is 23.0. The van der Waals surface area contributed by atoms with Crippen LogP contribution in [0, 0.1) is 11.3 Å². The number of nitrogens with one attached hydrogen (secondary N) is 1. The molecular formula is C22H23N3O4S. The second-order valence-electron chi connectivity index (χ2n) is 6.40. The van der Waals surface area contributed by atoms with Gasteiger partial charge in [0.25, 0.3) is 0 Å². The minimum Gasteiger partial charge on any atom is -0.478 e. The third kappa shape index (κ3) is 6.11. The highest BCUT2D eigenvalue weighted by atomic mass is 32.2. The maximum atomic E-state index is 9.55. The number of hydrogen-bond donors (Lipinski definition) is 3. The number of carbonyl (C=O) groups is 2. The summed E-state index contributed by atoms with van der Waals surface area (Å²) < 4.78 is 0. The smallest absolute Gasteiger partial charge is 0.328 e. The molecule has 0 aliphatic carbocycles. The van der Waals surface area contributed by atoms with E-state index in [1.807, 2.05) is 12.1 Å². The molecule has 0 fully saturated rings. The lowest BCUT2D eigenvalue weighted by atomic mass is 10.1. The van der Waals surface area contributed by atoms with Crippen LogP contribution in [0.1, 0.15) is 19.4 Å². The van der Waals surface area contributed by atoms with Crippen LogP contribution in [0.4, 0.5) is 11.4 Å². The van der Waals surface area contributed by atoms with E-state index in [0.29, 0.717) is 23.8 Å². The molecule has 0 bridgehead atoms. The maximum absolute atomic E-state index is 9.55. The van der Waals surface area contributed by atoms with Crippen LogP contribution in [0.5, 0.6) is 0 Å². The summed E-state index contributed by atoms with van der Waals surface area (Å²) in [6, 6.07) is 17.0. The quantitative estimate of drug-likeness (QED) is 0.598. The molecule has 1 atom stereocenters. The number of para-hydroxylation sites is 1. The first-order chi connectivity index (χ1) is 14.4. The Labute approximate surface area is 179 Å². The lowest BCUT2D eigenvalue weighted by Gasteiger charge is -2.37. The summed E-state index contributed by atoms with van der Waals surface area (Å²) in [4.78, 5) is 23.9. The summed E-state index contributed by atoms with van der Waals surface area (Å²) in [5.41, 5.74) is 3.06. The molecule has 156 valence electrons. The SMILES string of the molecule is CCNCC(C)N1c2ccccc2Sc2ccc(C#N)cc21.O=C(O)C=CC(=O)O. The zero-order valence-electron chi connectivity index (χ0n) is 16.7. The first-order valence-corrected chi connectivity index (χ1v) is 10.1. The zero-order chi connectivity index (χ0) is 22.1. The molecule has 8 heteroatoms. The Morgan fingerprint density at radius 3 is 2.37 bits per heavy atom. The van der Waals surface area contributed by atoms with E-state index >= 15 is 0 Å². The van der Waals surface area contributed by atoms with Crippen LogP contribution >= 0.6 is 11.8 Å². The topological polar surface area (TPSA) is 114 Å². The molecule has 7 nitrogen and oxygen atoms in total. The number of nitriles is 1. The van der Waals surface area contributed by atoms with E-state index in [4.69, 9.17) is 10.2 Å². The van der Waals surface area contributed by atoms with Gasteiger partial charge in [-0.3, -0.25) is 0 Å². The van der Waals surface area contributed by atoms with Gasteiger partial charge in [-0.1, -0.05) is 30.8 Å². The molecule has 3 rings (SSSR count). The second kappa shape index (κ2) is 11.0. The number of carboxylic acid groups (broad SMARTS) is 2. The Kier molecular flexibility index (Phi) is 8.47. The largest absolute Gasteiger partial charge is 0.478 e. The van der Waals surface area contributed by atoms with Crippen molar-refractivity contribution >= 4 is 35.1 Å². The number of rotatable bonds is 6. The van der Waals surface area contributed by atoms with Crippen molar-refractivity contribution in [2.24, 2.45) is 0 Å². The van der Waals surface area contributed by atoms with Crippen molar-refractivity contribution in [1.82, 2.24) is 5.32 Å². The van der Waals surface area contributed by atoms with Crippen molar-refractivity contribution in [3.8, 4) is 6.07 Å². The van der Waals surface area contributed by atoms with Crippen molar-refractivity contribution in [3.63, 3.8) is 0 Å². The van der Waals surface area contributed by atoms with Crippen molar-refractivity contribution in [1.29, 1.82) is 5.26 Å². The highest BCUT2D eigenvalue weighted by molar-refractivity contribution is 7.99. The van der Waals surface area contributed by atoms with Gasteiger partial charge in [0, 0.05) is 34.5 Å². The molecule has 2 aromatic rings. The number of benzene rings is 2. The highest BCUT2D eigenvalue weighted by Gasteiger charge is 2.26. The molecule has 3 N–H and O–H groups in total. The summed E-state index contributed by atoms with van der Waals surface area (Å²) in [7, 11) is 0. The standard InChI is InChI=1S/C18H19N3S.C4H4O4/c1-3-20-12-13(2)21-15-6-4-5-7-17(15)22-18-9-8-14(11-19)10-16(18)21;5-3(6)1-2-4(7)8/h4-10,13,20H,3,12H2,1-2H3;1-2H,(H,5,6)(H,7,8). The maximum Gasteiger partial charge on any atom is 0.328 e. The number of fused-ring (bicyclic) bond motifs is 2. The van der Waals surface area contributed by atoms with Crippen molar-refractivity contribution < 1.29 is 19.8 Å². The van der Waals surface area contributed by atoms with Crippen LogP contribution < -0.4 is 10.2 Å². The molecular weight excluding hydrogens is 402 g/mol. The lowest BCUT2D eigenvalue weighted by molar-refractivity contribution is -0.134. The van der Waals surface area contributed by atoms with Gasteiger partial charge in [-0.25, -0.2) is 9.59 Å². The van der Waals surface area contributed by atoms with E-state index < -0.39 is 11.9 Å². The number of anilines is 2. The number of aliphatic carboxylic acids is 2. The van der Waals surface area contributed by atoms with Crippen molar-refractivity contribution in [2.45, 2.75) is 29.7 Å². The number of hydrogen-bond acceptors (Lipinski definition) is 6. The van der Waals surface area contributed by atoms with Crippen LogP contribution in [0.2, 0.25) is 0 Å². The van der Waals surface area contributed by atoms with Crippen LogP contribution in [0.3, 0.4) is 0 Å². The van der Waals surface area contributed by atoms with E-state index in [-0.39, 0.29) is 0 Å². The molecule has 1 unspecified atom stereocenters. The fourth-order valence-electron chi connectivity index (χ4n) is 2.91. The Morgan fingerprint density at radius 2 is 1.77 bits per heavy atom. The van der Waals surface area contributed by atoms with E-state index in [9.17, 15) is 14.9 Å². The minimum absolute atomic E-state index is 0.315. The molecule has 2 aromatic carbocycles. The fourth-order valence-corrected chi connectivity index (χ4v) is 3.97. The van der Waals surface area contributed by atoms with Gasteiger partial charge < -0.3 is 20.4 Å². The Hall–Kier alpha value is -3.28. The Morgan fingerprint density at radius 1 is 1.13 bits per heavy atom. The van der Waals surface area contributed by atoms with E-state index in [1.54, 1.807) is 11.8 Å². The van der Waals surface area contributed by atoms with Crippen LogP contribution in [0.15, 0.2) is 64.4 Å². The minimum atomic E-state index is -1.26. The molecule has 1 aliphatic heterocycles. The average molecular weight is 426 g/mol. The number of carboxylic acids is 2. The predicted molar refractivity (Wildman–Crippen MR) is 116 cm³/mol. The predicted octanol–water partition coefficient (Wildman–Crippen LogP) is 3.87. The molecule has 1 heterocycles. The van der Waals surface area contributed by atoms with Gasteiger partial charge in [0.15, 0.2) is 0 Å². The van der Waals surface area contributed by atoms with Gasteiger partial charge in [0.05, 0.1) is 23.0 Å². The lowest BCUT2D eigenvalue weighted by Crippen LogP contribution is -2.38. The number of likely N-dealkylation sites (N-methyl/N-ethyl adjacent to an activating group) is 1. The van der Waals surface area contributed by atoms with Crippen molar-refractivity contribution in [3.05, 3.63) is 60.2 Å². The normalized spacial score (nSPS) is 12.8. The van der Waals surface area contributed by atoms with Crippen LogP contribution in [-0.2, 0) is 9.59 Å². The zero-order valence-corrected chi connectivity index (χ0v) is 17.5. The van der Waals surface area contributed by atoms with Gasteiger partial charge in [0.2, 0.25) is 0 Å². The average Bonchev–Trinajstić information content (AvgIpc) is 2.74. The second-order valence-corrected chi connectivity index (χ2v) is 7.48. The summed E-state index contributed by atoms with van der Waals surface area (Å²) in [6.45, 7) is 6.21. The summed E-state index contributed by atoms with van der Waals surface area (Å²) in [6.07, 6.45) is 1.12. The number of nitrogens with zero attached hydrogens (tertiary/aromatic N) is 2. The molecule has 1 aliphatic rings. The van der Waals surface area contributed by atoms with Gasteiger partial charge in [-0.15, -0.1) is 0 Å². The molecule has 0 amide bonds. The summed E-state index contributed by atoms with van der Waals surface area (Å²) >= 11 is 1.78. The molecule has 0 spiro atoms. The Balaban J connectivity index is 0.000000343. The van der Waals surface area contributed by atoms with E-state index in [2.05, 4.69) is 60.5 Å². The monoisotopic (exact) mass is 425 g/mol. The van der Waals surface area contributed by atoms with Crippen LogP contribution in [-0.4, -0.2) is 41.3 Å². The van der Waals surface area contributed by atoms with E-state index in [1.165, 1.54) is 15.5 Å². The molecule has 0 radical (unpaired) electrons.